The van der Waals surface area contributed by atoms with E-state index in [0.717, 1.165) is 13.0 Å². The largest absolute Gasteiger partial charge is 0.271 e. The third-order valence-corrected chi connectivity index (χ3v) is 1.31. The molecule has 0 aromatic carbocycles. The molecule has 0 atom stereocenters. The summed E-state index contributed by atoms with van der Waals surface area (Å²) in [5.41, 5.74) is 0. The molecule has 0 bridgehead atoms. The van der Waals surface area contributed by atoms with Crippen molar-refractivity contribution in [3.05, 3.63) is 12.2 Å². The van der Waals surface area contributed by atoms with Crippen LogP contribution >= 0.6 is 0 Å². The number of carbonyl (C=O) groups is 1. The Hall–Kier alpha value is -0.830. The lowest BCUT2D eigenvalue weighted by molar-refractivity contribution is -0.162. The quantitative estimate of drug-likeness (QED) is 0.504. The summed E-state index contributed by atoms with van der Waals surface area (Å²) in [4.78, 5) is 16.0. The molecule has 1 fully saturated rings. The van der Waals surface area contributed by atoms with Crippen LogP contribution in [0.5, 0.6) is 0 Å². The first-order valence-electron chi connectivity index (χ1n) is 3.41. The Bertz CT molecular complexity index is 148. The van der Waals surface area contributed by atoms with E-state index in [0.29, 0.717) is 6.61 Å². The summed E-state index contributed by atoms with van der Waals surface area (Å²) in [6, 6.07) is 0. The van der Waals surface area contributed by atoms with Crippen LogP contribution in [0.3, 0.4) is 0 Å². The van der Waals surface area contributed by atoms with Crippen LogP contribution in [0.2, 0.25) is 0 Å². The van der Waals surface area contributed by atoms with Gasteiger partial charge in [0.1, 0.15) is 0 Å². The highest BCUT2D eigenvalue weighted by atomic mass is 16.7. The Morgan fingerprint density at radius 2 is 2.50 bits per heavy atom. The average Bonchev–Trinajstić information content (AvgIpc) is 2.38. The number of rotatable bonds is 1. The molecule has 0 N–H and O–H groups in total. The fourth-order valence-corrected chi connectivity index (χ4v) is 0.847. The van der Waals surface area contributed by atoms with Crippen molar-refractivity contribution < 1.29 is 9.63 Å². The molecule has 10 heavy (non-hydrogen) atoms. The van der Waals surface area contributed by atoms with E-state index in [4.69, 9.17) is 4.84 Å². The Kier molecular flexibility index (Phi) is 2.45. The van der Waals surface area contributed by atoms with Crippen molar-refractivity contribution in [3.8, 4) is 0 Å². The molecule has 1 heterocycles. The molecule has 1 aliphatic rings. The minimum absolute atomic E-state index is 0.0556. The topological polar surface area (TPSA) is 29.5 Å². The molecular weight excluding hydrogens is 130 g/mol. The molecule has 3 heteroatoms. The van der Waals surface area contributed by atoms with Crippen LogP contribution in [-0.4, -0.2) is 24.1 Å². The van der Waals surface area contributed by atoms with Crippen LogP contribution in [-0.2, 0) is 9.63 Å². The zero-order valence-electron chi connectivity index (χ0n) is 6.04. The van der Waals surface area contributed by atoms with E-state index >= 15 is 0 Å². The van der Waals surface area contributed by atoms with Gasteiger partial charge in [-0.25, -0.2) is 5.06 Å². The van der Waals surface area contributed by atoms with E-state index < -0.39 is 0 Å². The van der Waals surface area contributed by atoms with E-state index in [2.05, 4.69) is 0 Å². The predicted molar refractivity (Wildman–Crippen MR) is 37.1 cm³/mol. The summed E-state index contributed by atoms with van der Waals surface area (Å²) in [6.45, 7) is 3.21. The molecule has 0 aromatic rings. The zero-order valence-corrected chi connectivity index (χ0v) is 6.04. The summed E-state index contributed by atoms with van der Waals surface area (Å²) < 4.78 is 0. The fourth-order valence-electron chi connectivity index (χ4n) is 0.847. The Morgan fingerprint density at radius 1 is 1.70 bits per heavy atom. The van der Waals surface area contributed by atoms with Crippen molar-refractivity contribution in [1.29, 1.82) is 0 Å². The van der Waals surface area contributed by atoms with Crippen molar-refractivity contribution in [3.63, 3.8) is 0 Å². The second kappa shape index (κ2) is 3.37. The fraction of sp³-hybridized carbons (Fsp3) is 0.571. The molecule has 0 aliphatic carbocycles. The number of hydroxylamine groups is 2. The van der Waals surface area contributed by atoms with Gasteiger partial charge < -0.3 is 0 Å². The van der Waals surface area contributed by atoms with E-state index in [1.54, 1.807) is 6.08 Å². The van der Waals surface area contributed by atoms with Gasteiger partial charge in [-0.05, 0) is 13.3 Å². The lowest BCUT2D eigenvalue weighted by Crippen LogP contribution is -2.24. The average molecular weight is 141 g/mol. The smallest absolute Gasteiger partial charge is 0.269 e. The molecule has 3 nitrogen and oxygen atoms in total. The maximum atomic E-state index is 11.0. The molecule has 0 saturated carbocycles. The Balaban J connectivity index is 2.40. The van der Waals surface area contributed by atoms with E-state index in [9.17, 15) is 4.79 Å². The molecule has 1 saturated heterocycles. The summed E-state index contributed by atoms with van der Waals surface area (Å²) >= 11 is 0. The number of hydrogen-bond donors (Lipinski definition) is 0. The van der Waals surface area contributed by atoms with Crippen molar-refractivity contribution in [2.75, 3.05) is 13.2 Å². The summed E-state index contributed by atoms with van der Waals surface area (Å²) in [5.74, 6) is -0.0556. The van der Waals surface area contributed by atoms with Crippen molar-refractivity contribution >= 4 is 5.91 Å². The van der Waals surface area contributed by atoms with Crippen LogP contribution in [0.25, 0.3) is 0 Å². The van der Waals surface area contributed by atoms with Gasteiger partial charge in [0.2, 0.25) is 0 Å². The highest BCUT2D eigenvalue weighted by Crippen LogP contribution is 2.04. The first kappa shape index (κ1) is 7.28. The summed E-state index contributed by atoms with van der Waals surface area (Å²) in [5, 5.41) is 1.39. The van der Waals surface area contributed by atoms with Crippen LogP contribution < -0.4 is 0 Å². The minimum atomic E-state index is -0.0556. The third kappa shape index (κ3) is 1.57. The Morgan fingerprint density at radius 3 is 3.00 bits per heavy atom. The number of allylic oxidation sites excluding steroid dienone is 1. The number of carbonyl (C=O) groups excluding carboxylic acids is 1. The lowest BCUT2D eigenvalue weighted by Gasteiger charge is -2.09. The van der Waals surface area contributed by atoms with Crippen LogP contribution in [0.4, 0.5) is 0 Å². The first-order valence-corrected chi connectivity index (χ1v) is 3.41. The van der Waals surface area contributed by atoms with Crippen LogP contribution in [0, 0.1) is 0 Å². The van der Waals surface area contributed by atoms with Crippen LogP contribution in [0.1, 0.15) is 13.3 Å². The molecule has 0 radical (unpaired) electrons. The van der Waals surface area contributed by atoms with Crippen LogP contribution in [0.15, 0.2) is 12.2 Å². The number of hydrogen-bond acceptors (Lipinski definition) is 2. The van der Waals surface area contributed by atoms with Gasteiger partial charge in [-0.3, -0.25) is 9.63 Å². The van der Waals surface area contributed by atoms with Crippen molar-refractivity contribution in [2.45, 2.75) is 13.3 Å². The van der Waals surface area contributed by atoms with Gasteiger partial charge in [-0.1, -0.05) is 6.08 Å². The normalized spacial score (nSPS) is 18.7. The van der Waals surface area contributed by atoms with Crippen molar-refractivity contribution in [2.24, 2.45) is 0 Å². The molecule has 1 rings (SSSR count). The Labute approximate surface area is 60.2 Å². The van der Waals surface area contributed by atoms with Gasteiger partial charge in [-0.2, -0.15) is 0 Å². The molecule has 0 aromatic heterocycles. The van der Waals surface area contributed by atoms with E-state index in [-0.39, 0.29) is 5.91 Å². The molecule has 0 unspecified atom stereocenters. The summed E-state index contributed by atoms with van der Waals surface area (Å²) in [7, 11) is 0. The molecule has 0 spiro atoms. The highest BCUT2D eigenvalue weighted by Gasteiger charge is 2.15. The van der Waals surface area contributed by atoms with Gasteiger partial charge in [0.25, 0.3) is 5.91 Å². The second-order valence-electron chi connectivity index (χ2n) is 2.13. The highest BCUT2D eigenvalue weighted by molar-refractivity contribution is 5.86. The molecule has 1 aliphatic heterocycles. The van der Waals surface area contributed by atoms with Gasteiger partial charge >= 0.3 is 0 Å². The van der Waals surface area contributed by atoms with Gasteiger partial charge in [-0.15, -0.1) is 0 Å². The third-order valence-electron chi connectivity index (χ3n) is 1.31. The number of nitrogens with zero attached hydrogens (tertiary/aromatic N) is 1. The van der Waals surface area contributed by atoms with Gasteiger partial charge in [0.05, 0.1) is 13.2 Å². The number of amides is 1. The maximum Gasteiger partial charge on any atom is 0.269 e. The standard InChI is InChI=1S/C7H11NO2/c1-2-4-7(9)8-5-3-6-10-8/h2,4H,3,5-6H2,1H3/b4-2+. The molecule has 56 valence electrons. The predicted octanol–water partition coefficient (Wildman–Crippen LogP) is 0.726. The first-order chi connectivity index (χ1) is 4.84. The monoisotopic (exact) mass is 141 g/mol. The summed E-state index contributed by atoms with van der Waals surface area (Å²) in [6.07, 6.45) is 4.17. The maximum absolute atomic E-state index is 11.0. The van der Waals surface area contributed by atoms with Crippen molar-refractivity contribution in [1.82, 2.24) is 5.06 Å². The van der Waals surface area contributed by atoms with Gasteiger partial charge in [0, 0.05) is 6.08 Å². The lowest BCUT2D eigenvalue weighted by atomic mass is 10.4. The molecule has 1 amide bonds. The van der Waals surface area contributed by atoms with E-state index in [1.807, 2.05) is 6.92 Å². The van der Waals surface area contributed by atoms with E-state index in [1.165, 1.54) is 11.1 Å². The SMILES string of the molecule is C/C=C/C(=O)N1CCCO1. The zero-order chi connectivity index (χ0) is 7.40. The minimum Gasteiger partial charge on any atom is -0.271 e. The second-order valence-corrected chi connectivity index (χ2v) is 2.13. The molecular formula is C7H11NO2. The van der Waals surface area contributed by atoms with Gasteiger partial charge in [0.15, 0.2) is 0 Å².